The zero-order chi connectivity index (χ0) is 15.0. The first-order valence-corrected chi connectivity index (χ1v) is 7.42. The summed E-state index contributed by atoms with van der Waals surface area (Å²) in [7, 11) is 2.14. The molecule has 2 aliphatic rings. The van der Waals surface area contributed by atoms with E-state index in [9.17, 15) is 4.79 Å². The standard InChI is InChI=1S/C16H22N4O/c1-10(18-12-5-7-20(2)8-6-12)15-13-9-11(17)3-4-14(13)19-16(15)21/h3-4,9,12,18H,5-8,17H2,1-2H3,(H,19,21)/b15-10-. The van der Waals surface area contributed by atoms with E-state index < -0.39 is 0 Å². The zero-order valence-electron chi connectivity index (χ0n) is 12.6. The van der Waals surface area contributed by atoms with Gasteiger partial charge in [-0.1, -0.05) is 0 Å². The molecule has 1 aromatic carbocycles. The van der Waals surface area contributed by atoms with Gasteiger partial charge in [0, 0.05) is 28.7 Å². The van der Waals surface area contributed by atoms with E-state index in [1.165, 1.54) is 0 Å². The van der Waals surface area contributed by atoms with E-state index >= 15 is 0 Å². The van der Waals surface area contributed by atoms with Crippen molar-refractivity contribution in [2.24, 2.45) is 0 Å². The summed E-state index contributed by atoms with van der Waals surface area (Å²) in [4.78, 5) is 14.6. The largest absolute Gasteiger partial charge is 0.399 e. The minimum absolute atomic E-state index is 0.0477. The molecule has 2 aliphatic heterocycles. The van der Waals surface area contributed by atoms with Crippen LogP contribution in [0.5, 0.6) is 0 Å². The van der Waals surface area contributed by atoms with Crippen LogP contribution in [0.1, 0.15) is 25.3 Å². The Hall–Kier alpha value is -2.01. The van der Waals surface area contributed by atoms with Gasteiger partial charge < -0.3 is 21.3 Å². The topological polar surface area (TPSA) is 70.4 Å². The molecular formula is C16H22N4O. The average molecular weight is 286 g/mol. The summed E-state index contributed by atoms with van der Waals surface area (Å²) in [6, 6.07) is 5.97. The highest BCUT2D eigenvalue weighted by Crippen LogP contribution is 2.34. The van der Waals surface area contributed by atoms with Crippen LogP contribution in [-0.2, 0) is 4.79 Å². The van der Waals surface area contributed by atoms with E-state index in [4.69, 9.17) is 5.73 Å². The van der Waals surface area contributed by atoms with Crippen molar-refractivity contribution in [3.8, 4) is 0 Å². The zero-order valence-corrected chi connectivity index (χ0v) is 12.6. The number of rotatable bonds is 2. The lowest BCUT2D eigenvalue weighted by Crippen LogP contribution is -2.40. The second kappa shape index (κ2) is 5.41. The normalized spacial score (nSPS) is 21.9. The van der Waals surface area contributed by atoms with E-state index in [2.05, 4.69) is 22.6 Å². The minimum atomic E-state index is -0.0477. The molecule has 0 radical (unpaired) electrons. The summed E-state index contributed by atoms with van der Waals surface area (Å²) in [5, 5.41) is 6.42. The summed E-state index contributed by atoms with van der Waals surface area (Å²) in [5.41, 5.74) is 9.92. The Balaban J connectivity index is 1.84. The number of likely N-dealkylation sites (tertiary alicyclic amines) is 1. The number of hydrogen-bond acceptors (Lipinski definition) is 4. The summed E-state index contributed by atoms with van der Waals surface area (Å²) < 4.78 is 0. The summed E-state index contributed by atoms with van der Waals surface area (Å²) in [6.45, 7) is 4.16. The monoisotopic (exact) mass is 286 g/mol. The van der Waals surface area contributed by atoms with Gasteiger partial charge in [-0.05, 0) is 58.1 Å². The van der Waals surface area contributed by atoms with Gasteiger partial charge in [0.2, 0.25) is 0 Å². The van der Waals surface area contributed by atoms with Gasteiger partial charge in [-0.2, -0.15) is 0 Å². The van der Waals surface area contributed by atoms with E-state index in [0.29, 0.717) is 11.7 Å². The first-order chi connectivity index (χ1) is 10.0. The Bertz CT molecular complexity index is 600. The van der Waals surface area contributed by atoms with Crippen LogP contribution < -0.4 is 16.4 Å². The predicted molar refractivity (Wildman–Crippen MR) is 85.7 cm³/mol. The predicted octanol–water partition coefficient (Wildman–Crippen LogP) is 1.64. The molecule has 1 fully saturated rings. The first kappa shape index (κ1) is 13.9. The molecule has 0 atom stereocenters. The maximum atomic E-state index is 12.2. The number of amides is 1. The molecule has 0 saturated carbocycles. The van der Waals surface area contributed by atoms with Crippen LogP contribution in [-0.4, -0.2) is 37.0 Å². The number of carbonyl (C=O) groups excluding carboxylic acids is 1. The van der Waals surface area contributed by atoms with Crippen molar-refractivity contribution >= 4 is 22.9 Å². The summed E-state index contributed by atoms with van der Waals surface area (Å²) >= 11 is 0. The highest BCUT2D eigenvalue weighted by Gasteiger charge is 2.27. The second-order valence-corrected chi connectivity index (χ2v) is 5.98. The number of allylic oxidation sites excluding steroid dienone is 1. The Labute approximate surface area is 125 Å². The molecule has 1 saturated heterocycles. The molecule has 1 amide bonds. The Morgan fingerprint density at radius 1 is 1.38 bits per heavy atom. The Kier molecular flexibility index (Phi) is 3.59. The van der Waals surface area contributed by atoms with Crippen molar-refractivity contribution in [1.82, 2.24) is 10.2 Å². The number of anilines is 2. The van der Waals surface area contributed by atoms with Gasteiger partial charge in [-0.15, -0.1) is 0 Å². The van der Waals surface area contributed by atoms with Crippen LogP contribution in [0.3, 0.4) is 0 Å². The Morgan fingerprint density at radius 3 is 2.81 bits per heavy atom. The van der Waals surface area contributed by atoms with Crippen molar-refractivity contribution in [3.05, 3.63) is 29.5 Å². The second-order valence-electron chi connectivity index (χ2n) is 5.98. The van der Waals surface area contributed by atoms with Crippen molar-refractivity contribution in [2.75, 3.05) is 31.2 Å². The molecule has 1 aromatic rings. The first-order valence-electron chi connectivity index (χ1n) is 7.42. The molecule has 3 rings (SSSR count). The lowest BCUT2D eigenvalue weighted by Gasteiger charge is -2.30. The highest BCUT2D eigenvalue weighted by molar-refractivity contribution is 6.32. The number of nitrogen functional groups attached to an aromatic ring is 1. The molecule has 5 heteroatoms. The molecule has 2 heterocycles. The van der Waals surface area contributed by atoms with Crippen LogP contribution in [0.2, 0.25) is 0 Å². The number of nitrogens with one attached hydrogen (secondary N) is 2. The van der Waals surface area contributed by atoms with E-state index in [1.54, 1.807) is 0 Å². The van der Waals surface area contributed by atoms with Crippen molar-refractivity contribution < 1.29 is 4.79 Å². The number of fused-ring (bicyclic) bond motifs is 1. The van der Waals surface area contributed by atoms with Crippen LogP contribution in [0.25, 0.3) is 5.57 Å². The van der Waals surface area contributed by atoms with Gasteiger partial charge in [-0.25, -0.2) is 0 Å². The molecular weight excluding hydrogens is 264 g/mol. The number of carbonyl (C=O) groups is 1. The molecule has 5 nitrogen and oxygen atoms in total. The maximum Gasteiger partial charge on any atom is 0.258 e. The van der Waals surface area contributed by atoms with E-state index in [0.717, 1.165) is 48.5 Å². The molecule has 0 unspecified atom stereocenters. The molecule has 4 N–H and O–H groups in total. The van der Waals surface area contributed by atoms with E-state index in [1.807, 2.05) is 25.1 Å². The fourth-order valence-electron chi connectivity index (χ4n) is 3.09. The third-order valence-corrected chi connectivity index (χ3v) is 4.30. The maximum absolute atomic E-state index is 12.2. The van der Waals surface area contributed by atoms with Gasteiger partial charge in [0.1, 0.15) is 0 Å². The van der Waals surface area contributed by atoms with Gasteiger partial charge >= 0.3 is 0 Å². The fourth-order valence-corrected chi connectivity index (χ4v) is 3.09. The number of hydrogen-bond donors (Lipinski definition) is 3. The van der Waals surface area contributed by atoms with Crippen molar-refractivity contribution in [2.45, 2.75) is 25.8 Å². The van der Waals surface area contributed by atoms with E-state index in [-0.39, 0.29) is 5.91 Å². The molecule has 112 valence electrons. The molecule has 0 bridgehead atoms. The smallest absolute Gasteiger partial charge is 0.258 e. The average Bonchev–Trinajstić information content (AvgIpc) is 2.76. The van der Waals surface area contributed by atoms with Crippen LogP contribution in [0.15, 0.2) is 23.9 Å². The number of nitrogens with two attached hydrogens (primary N) is 1. The van der Waals surface area contributed by atoms with Gasteiger partial charge in [-0.3, -0.25) is 4.79 Å². The quantitative estimate of drug-likeness (QED) is 0.571. The fraction of sp³-hybridized carbons (Fsp3) is 0.438. The van der Waals surface area contributed by atoms with Crippen molar-refractivity contribution in [3.63, 3.8) is 0 Å². The lowest BCUT2D eigenvalue weighted by atomic mass is 10.0. The minimum Gasteiger partial charge on any atom is -0.399 e. The number of piperidine rings is 1. The van der Waals surface area contributed by atoms with Crippen LogP contribution in [0.4, 0.5) is 11.4 Å². The lowest BCUT2D eigenvalue weighted by molar-refractivity contribution is -0.110. The van der Waals surface area contributed by atoms with Crippen molar-refractivity contribution in [1.29, 1.82) is 0 Å². The van der Waals surface area contributed by atoms with Gasteiger partial charge in [0.15, 0.2) is 0 Å². The summed E-state index contributed by atoms with van der Waals surface area (Å²) in [6.07, 6.45) is 2.21. The van der Waals surface area contributed by atoms with Gasteiger partial charge in [0.25, 0.3) is 5.91 Å². The summed E-state index contributed by atoms with van der Waals surface area (Å²) in [5.74, 6) is -0.0477. The van der Waals surface area contributed by atoms with Crippen LogP contribution in [0, 0.1) is 0 Å². The number of benzene rings is 1. The van der Waals surface area contributed by atoms with Crippen LogP contribution >= 0.6 is 0 Å². The molecule has 0 aromatic heterocycles. The number of nitrogens with zero attached hydrogens (tertiary/aromatic N) is 1. The van der Waals surface area contributed by atoms with Gasteiger partial charge in [0.05, 0.1) is 5.57 Å². The molecule has 21 heavy (non-hydrogen) atoms. The SMILES string of the molecule is C/C(NC1CCN(C)CC1)=C1/C(=O)Nc2ccc(N)cc21. The molecule has 0 aliphatic carbocycles. The third-order valence-electron chi connectivity index (χ3n) is 4.30. The highest BCUT2D eigenvalue weighted by atomic mass is 16.2. The molecule has 0 spiro atoms. The third kappa shape index (κ3) is 2.74. The Morgan fingerprint density at radius 2 is 2.10 bits per heavy atom.